The molecule has 170 valence electrons. The number of aliphatic carboxylic acids is 1. The van der Waals surface area contributed by atoms with Crippen LogP contribution < -0.4 is 11.1 Å². The van der Waals surface area contributed by atoms with Gasteiger partial charge in [-0.3, -0.25) is 15.1 Å². The molecule has 0 aliphatic carbocycles. The molecule has 2 saturated heterocycles. The number of nitrogens with two attached hydrogens (primary N) is 1. The van der Waals surface area contributed by atoms with Gasteiger partial charge >= 0.3 is 5.97 Å². The van der Waals surface area contributed by atoms with Gasteiger partial charge in [0.2, 0.25) is 0 Å². The van der Waals surface area contributed by atoms with Crippen molar-refractivity contribution in [3.8, 4) is 0 Å². The molecule has 4 heterocycles. The van der Waals surface area contributed by atoms with Crippen molar-refractivity contribution in [3.63, 3.8) is 0 Å². The number of thiazole rings is 1. The first kappa shape index (κ1) is 22.3. The molecule has 3 atom stereocenters. The fraction of sp³-hybridized carbons (Fsp3) is 0.368. The van der Waals surface area contributed by atoms with Crippen molar-refractivity contribution in [1.82, 2.24) is 20.2 Å². The number of nitrogens with zero attached hydrogens (tertiary/aromatic N) is 3. The summed E-state index contributed by atoms with van der Waals surface area (Å²) in [4.78, 5) is 33.4. The Balaban J connectivity index is 1.57. The van der Waals surface area contributed by atoms with Crippen molar-refractivity contribution < 1.29 is 28.2 Å². The Morgan fingerprint density at radius 2 is 2.19 bits per heavy atom. The maximum atomic E-state index is 13.0. The number of nitrogens with one attached hydrogen (secondary N) is 1. The highest BCUT2D eigenvalue weighted by molar-refractivity contribution is 7.94. The number of fused-ring (bicyclic) bond motifs is 1. The van der Waals surface area contributed by atoms with E-state index in [-0.39, 0.29) is 17.8 Å². The van der Waals surface area contributed by atoms with Gasteiger partial charge in [-0.25, -0.2) is 18.2 Å². The van der Waals surface area contributed by atoms with Crippen LogP contribution >= 0.6 is 11.3 Å². The number of amides is 1. The minimum Gasteiger partial charge on any atom is -0.480 e. The van der Waals surface area contributed by atoms with E-state index >= 15 is 0 Å². The van der Waals surface area contributed by atoms with Gasteiger partial charge in [-0.15, -0.1) is 11.3 Å². The largest absolute Gasteiger partial charge is 0.480 e. The molecule has 13 heteroatoms. The van der Waals surface area contributed by atoms with Crippen molar-refractivity contribution >= 4 is 44.3 Å². The highest BCUT2D eigenvalue weighted by Crippen LogP contribution is 2.48. The lowest BCUT2D eigenvalue weighted by Gasteiger charge is -2.37. The molecule has 2 aromatic rings. The number of sulfone groups is 1. The molecule has 4 rings (SSSR count). The number of rotatable bonds is 6. The van der Waals surface area contributed by atoms with E-state index < -0.39 is 44.1 Å². The van der Waals surface area contributed by atoms with Crippen LogP contribution in [0.15, 0.2) is 29.3 Å². The van der Waals surface area contributed by atoms with Crippen LogP contribution in [0.5, 0.6) is 0 Å². The Morgan fingerprint density at radius 1 is 1.47 bits per heavy atom. The maximum Gasteiger partial charge on any atom is 0.328 e. The van der Waals surface area contributed by atoms with Crippen LogP contribution in [0.25, 0.3) is 6.08 Å². The number of β-lactam (4-membered cyclic amide) rings is 1. The summed E-state index contributed by atoms with van der Waals surface area (Å²) < 4.78 is 24.3. The second-order valence-electron chi connectivity index (χ2n) is 8.03. The topological polar surface area (TPSA) is 176 Å². The first-order valence-electron chi connectivity index (χ1n) is 9.53. The Kier molecular flexibility index (Phi) is 5.32. The highest BCUT2D eigenvalue weighted by atomic mass is 32.2. The number of anilines is 1. The smallest absolute Gasteiger partial charge is 0.328 e. The molecule has 0 radical (unpaired) electrons. The number of carboxylic acids is 1. The Hall–Kier alpha value is -2.87. The minimum atomic E-state index is -3.98. The molecular formula is C19H21N5O6S2. The van der Waals surface area contributed by atoms with Crippen LogP contribution in [0.2, 0.25) is 0 Å². The van der Waals surface area contributed by atoms with E-state index in [1.54, 1.807) is 11.4 Å². The third-order valence-electron chi connectivity index (χ3n) is 5.67. The van der Waals surface area contributed by atoms with Gasteiger partial charge in [-0.05, 0) is 37.6 Å². The van der Waals surface area contributed by atoms with Gasteiger partial charge in [0.1, 0.15) is 11.0 Å². The molecule has 11 nitrogen and oxygen atoms in total. The zero-order valence-electron chi connectivity index (χ0n) is 17.1. The van der Waals surface area contributed by atoms with E-state index in [1.807, 2.05) is 0 Å². The molecule has 2 aliphatic rings. The average molecular weight is 480 g/mol. The number of carbonyl (C=O) groups is 2. The van der Waals surface area contributed by atoms with Crippen molar-refractivity contribution in [3.05, 3.63) is 46.2 Å². The minimum absolute atomic E-state index is 0.0492. The second-order valence-corrected chi connectivity index (χ2v) is 11.5. The molecule has 1 unspecified atom stereocenters. The van der Waals surface area contributed by atoms with Gasteiger partial charge in [-0.1, -0.05) is 0 Å². The number of hydrogen-bond acceptors (Lipinski definition) is 10. The molecule has 32 heavy (non-hydrogen) atoms. The predicted octanol–water partition coefficient (Wildman–Crippen LogP) is 0.113. The quantitative estimate of drug-likeness (QED) is 0.253. The van der Waals surface area contributed by atoms with Crippen molar-refractivity contribution in [2.45, 2.75) is 42.8 Å². The highest BCUT2D eigenvalue weighted by Gasteiger charge is 2.70. The van der Waals surface area contributed by atoms with Crippen molar-refractivity contribution in [1.29, 1.82) is 0 Å². The Labute approximate surface area is 187 Å². The van der Waals surface area contributed by atoms with Crippen LogP contribution in [-0.4, -0.2) is 61.5 Å². The Bertz CT molecular complexity index is 1240. The van der Waals surface area contributed by atoms with E-state index in [4.69, 9.17) is 5.73 Å². The van der Waals surface area contributed by atoms with Crippen LogP contribution in [0.4, 0.5) is 5.13 Å². The van der Waals surface area contributed by atoms with Crippen LogP contribution in [0, 0.1) is 0 Å². The van der Waals surface area contributed by atoms with E-state index in [9.17, 15) is 28.2 Å². The monoisotopic (exact) mass is 479 g/mol. The summed E-state index contributed by atoms with van der Waals surface area (Å²) >= 11 is 1.28. The van der Waals surface area contributed by atoms with Gasteiger partial charge in [0.25, 0.3) is 5.91 Å². The van der Waals surface area contributed by atoms with E-state index in [1.165, 1.54) is 43.5 Å². The molecule has 2 fully saturated rings. The predicted molar refractivity (Wildman–Crippen MR) is 116 cm³/mol. The number of carboxylic acid groups (broad SMARTS) is 1. The van der Waals surface area contributed by atoms with Gasteiger partial charge in [0.05, 0.1) is 17.0 Å². The molecule has 5 N–H and O–H groups in total. The number of carbonyl (C=O) groups excluding carboxylic acids is 1. The number of aromatic nitrogens is 2. The summed E-state index contributed by atoms with van der Waals surface area (Å²) in [5.74, 6) is -2.03. The van der Waals surface area contributed by atoms with Crippen LogP contribution in [0.3, 0.4) is 0 Å². The van der Waals surface area contributed by atoms with Gasteiger partial charge < -0.3 is 20.8 Å². The number of pyridine rings is 1. The molecular weight excluding hydrogens is 458 g/mol. The lowest BCUT2D eigenvalue weighted by molar-refractivity contribution is -0.152. The summed E-state index contributed by atoms with van der Waals surface area (Å²) in [6, 6.07) is 1.62. The summed E-state index contributed by atoms with van der Waals surface area (Å²) in [6.45, 7) is 2.88. The van der Waals surface area contributed by atoms with Gasteiger partial charge in [0.15, 0.2) is 26.4 Å². The van der Waals surface area contributed by atoms with Crippen molar-refractivity contribution in [2.24, 2.45) is 0 Å². The maximum absolute atomic E-state index is 13.0. The first-order valence-corrected chi connectivity index (χ1v) is 12.0. The summed E-state index contributed by atoms with van der Waals surface area (Å²) in [6.07, 6.45) is 1.66. The second kappa shape index (κ2) is 7.62. The normalized spacial score (nSPS) is 25.4. The first-order chi connectivity index (χ1) is 14.9. The van der Waals surface area contributed by atoms with E-state index in [2.05, 4.69) is 15.3 Å². The van der Waals surface area contributed by atoms with Crippen LogP contribution in [-0.2, 0) is 26.0 Å². The Morgan fingerprint density at radius 3 is 2.81 bits per heavy atom. The lowest BCUT2D eigenvalue weighted by Crippen LogP contribution is -2.58. The summed E-state index contributed by atoms with van der Waals surface area (Å²) in [7, 11) is -3.98. The molecule has 2 aromatic heterocycles. The lowest BCUT2D eigenvalue weighted by atomic mass is 9.95. The number of nitrogen functional groups attached to an aromatic ring is 1. The summed E-state index contributed by atoms with van der Waals surface area (Å²) in [5, 5.41) is 23.6. The molecule has 0 bridgehead atoms. The number of aliphatic hydroxyl groups excluding tert-OH is 1. The molecule has 0 saturated carbocycles. The van der Waals surface area contributed by atoms with Crippen molar-refractivity contribution in [2.75, 3.05) is 5.73 Å². The number of hydrogen-bond donors (Lipinski definition) is 4. The fourth-order valence-corrected chi connectivity index (χ4v) is 6.62. The summed E-state index contributed by atoms with van der Waals surface area (Å²) in [5.41, 5.74) is 6.91. The van der Waals surface area contributed by atoms with Gasteiger partial charge in [0, 0.05) is 18.1 Å². The average Bonchev–Trinajstić information content (AvgIpc) is 3.20. The van der Waals surface area contributed by atoms with Gasteiger partial charge in [-0.2, -0.15) is 0 Å². The zero-order valence-corrected chi connectivity index (χ0v) is 18.7. The standard InChI is InChI=1S/C19H21N5O6S2/c1-19(2)13(17(27)28)24-15(26)12(16(24)32(19,29)30)6-10-5-9(3-4-21-10)14(25)22-7-11-8-31-18(20)23-11/h3-6,8,13-14,16,22,25H,7H2,1-2H3,(H2,20,23)(H,27,28)/t13-,14?,16+/m0/s1. The SMILES string of the molecule is CC1(C)[C@H](C(=O)O)N2C(=O)C(=Cc3cc(C(O)NCc4csc(N)n4)ccn3)[C@H]2S1(=O)=O. The molecule has 1 amide bonds. The number of aliphatic hydroxyl groups is 1. The van der Waals surface area contributed by atoms with Crippen LogP contribution in [0.1, 0.15) is 37.0 Å². The molecule has 0 spiro atoms. The fourth-order valence-electron chi connectivity index (χ4n) is 3.94. The van der Waals surface area contributed by atoms with E-state index in [0.29, 0.717) is 16.4 Å². The zero-order chi connectivity index (χ0) is 23.4. The molecule has 0 aromatic carbocycles. The molecule has 2 aliphatic heterocycles. The van der Waals surface area contributed by atoms with E-state index in [0.717, 1.165) is 4.90 Å². The third kappa shape index (κ3) is 3.37. The third-order valence-corrected chi connectivity index (χ3v) is 9.15.